The van der Waals surface area contributed by atoms with Gasteiger partial charge in [-0.25, -0.2) is 0 Å². The van der Waals surface area contributed by atoms with E-state index in [1.165, 1.54) is 12.1 Å². The van der Waals surface area contributed by atoms with Crippen LogP contribution in [0.2, 0.25) is 0 Å². The lowest BCUT2D eigenvalue weighted by molar-refractivity contribution is -0.274. The van der Waals surface area contributed by atoms with Gasteiger partial charge in [0.05, 0.1) is 18.9 Å². The molecule has 2 aromatic carbocycles. The van der Waals surface area contributed by atoms with E-state index in [1.54, 1.807) is 12.1 Å². The first-order chi connectivity index (χ1) is 14.9. The van der Waals surface area contributed by atoms with Gasteiger partial charge in [-0.05, 0) is 37.6 Å². The molecule has 4 rings (SSSR count). The van der Waals surface area contributed by atoms with Crippen LogP contribution in [0.15, 0.2) is 36.4 Å². The molecule has 0 unspecified atom stereocenters. The molecule has 0 saturated heterocycles. The van der Waals surface area contributed by atoms with E-state index in [0.717, 1.165) is 22.4 Å². The summed E-state index contributed by atoms with van der Waals surface area (Å²) in [6, 6.07) is 9.93. The maximum Gasteiger partial charge on any atom is 0.573 e. The molecule has 9 heteroatoms. The Bertz CT molecular complexity index is 1080. The van der Waals surface area contributed by atoms with Gasteiger partial charge in [0.2, 0.25) is 0 Å². The molecule has 1 aliphatic carbocycles. The molecule has 31 heavy (non-hydrogen) atoms. The molecule has 1 aliphatic rings. The Kier molecular flexibility index (Phi) is 5.67. The molecule has 0 saturated carbocycles. The summed E-state index contributed by atoms with van der Waals surface area (Å²) in [5.74, 6) is 1.77. The van der Waals surface area contributed by atoms with Gasteiger partial charge in [0.25, 0.3) is 0 Å². The van der Waals surface area contributed by atoms with Gasteiger partial charge in [-0.15, -0.1) is 13.2 Å². The van der Waals surface area contributed by atoms with Crippen LogP contribution < -0.4 is 19.5 Å². The fourth-order valence-electron chi connectivity index (χ4n) is 3.66. The average Bonchev–Trinajstić information content (AvgIpc) is 3.26. The first-order valence-corrected chi connectivity index (χ1v) is 9.97. The summed E-state index contributed by atoms with van der Waals surface area (Å²) in [5, 5.41) is 10.5. The number of ether oxygens (including phenoxy) is 3. The number of rotatable bonds is 8. The molecule has 0 aliphatic heterocycles. The highest BCUT2D eigenvalue weighted by Gasteiger charge is 2.32. The third-order valence-electron chi connectivity index (χ3n) is 4.91. The molecule has 0 atom stereocenters. The Morgan fingerprint density at radius 3 is 2.45 bits per heavy atom. The Morgan fingerprint density at radius 1 is 1.03 bits per heavy atom. The van der Waals surface area contributed by atoms with E-state index in [9.17, 15) is 13.2 Å². The molecule has 164 valence electrons. The van der Waals surface area contributed by atoms with Crippen molar-refractivity contribution in [3.63, 3.8) is 0 Å². The average molecular weight is 433 g/mol. The van der Waals surface area contributed by atoms with Crippen LogP contribution >= 0.6 is 0 Å². The zero-order valence-corrected chi connectivity index (χ0v) is 17.1. The van der Waals surface area contributed by atoms with Crippen LogP contribution in [0, 0.1) is 0 Å². The molecule has 0 radical (unpaired) electrons. The molecule has 3 aromatic rings. The lowest BCUT2D eigenvalue weighted by Crippen LogP contribution is -2.18. The summed E-state index contributed by atoms with van der Waals surface area (Å²) in [6.07, 6.45) is -4.12. The summed E-state index contributed by atoms with van der Waals surface area (Å²) in [6.45, 7) is 5.00. The zero-order chi connectivity index (χ0) is 22.0. The van der Waals surface area contributed by atoms with Gasteiger partial charge < -0.3 is 19.5 Å². The first kappa shape index (κ1) is 20.9. The number of aromatic nitrogens is 2. The second-order valence-corrected chi connectivity index (χ2v) is 6.93. The van der Waals surface area contributed by atoms with E-state index in [-0.39, 0.29) is 12.3 Å². The number of nitrogens with zero attached hydrogens (tertiary/aromatic N) is 1. The number of anilines is 1. The Morgan fingerprint density at radius 2 is 1.74 bits per heavy atom. The monoisotopic (exact) mass is 433 g/mol. The highest BCUT2D eigenvalue weighted by molar-refractivity contribution is 5.80. The van der Waals surface area contributed by atoms with Gasteiger partial charge in [-0.3, -0.25) is 5.10 Å². The minimum atomic E-state index is -4.75. The third-order valence-corrected chi connectivity index (χ3v) is 4.91. The highest BCUT2D eigenvalue weighted by Crippen LogP contribution is 2.44. The van der Waals surface area contributed by atoms with Crippen LogP contribution in [0.25, 0.3) is 11.3 Å². The number of fused-ring (bicyclic) bond motifs is 3. The van der Waals surface area contributed by atoms with E-state index >= 15 is 0 Å². The van der Waals surface area contributed by atoms with Crippen molar-refractivity contribution < 1.29 is 27.4 Å². The fourth-order valence-corrected chi connectivity index (χ4v) is 3.66. The summed E-state index contributed by atoms with van der Waals surface area (Å²) in [5.41, 5.74) is 4.13. The normalized spacial score (nSPS) is 12.3. The van der Waals surface area contributed by atoms with Gasteiger partial charge >= 0.3 is 6.36 Å². The maximum atomic E-state index is 12.7. The van der Waals surface area contributed by atoms with Crippen LogP contribution in [0.4, 0.5) is 19.0 Å². The third kappa shape index (κ3) is 4.40. The number of alkyl halides is 3. The van der Waals surface area contributed by atoms with E-state index < -0.39 is 6.36 Å². The molecule has 0 amide bonds. The number of halogens is 3. The predicted molar refractivity (Wildman–Crippen MR) is 110 cm³/mol. The van der Waals surface area contributed by atoms with Crippen molar-refractivity contribution in [3.8, 4) is 28.5 Å². The van der Waals surface area contributed by atoms with Crippen molar-refractivity contribution in [3.05, 3.63) is 53.1 Å². The molecule has 1 aromatic heterocycles. The minimum Gasteiger partial charge on any atom is -0.490 e. The summed E-state index contributed by atoms with van der Waals surface area (Å²) < 4.78 is 53.5. The predicted octanol–water partition coefficient (Wildman–Crippen LogP) is 5.29. The Labute approximate surface area is 177 Å². The Hall–Kier alpha value is -3.36. The van der Waals surface area contributed by atoms with Gasteiger partial charge in [0, 0.05) is 29.7 Å². The number of para-hydroxylation sites is 1. The maximum absolute atomic E-state index is 12.7. The molecule has 0 spiro atoms. The van der Waals surface area contributed by atoms with Crippen molar-refractivity contribution >= 4 is 5.82 Å². The lowest BCUT2D eigenvalue weighted by Gasteiger charge is -2.14. The SMILES string of the molecule is CCOc1cc2c(cc1OCC)-c1n[nH]c(NCc3ccccc3OC(F)(F)F)c1C2. The van der Waals surface area contributed by atoms with E-state index in [0.29, 0.717) is 42.5 Å². The van der Waals surface area contributed by atoms with E-state index in [1.807, 2.05) is 26.0 Å². The number of hydrogen-bond donors (Lipinski definition) is 2. The molecule has 1 heterocycles. The van der Waals surface area contributed by atoms with Gasteiger partial charge in [0.15, 0.2) is 11.5 Å². The summed E-state index contributed by atoms with van der Waals surface area (Å²) >= 11 is 0. The first-order valence-electron chi connectivity index (χ1n) is 9.97. The quantitative estimate of drug-likeness (QED) is 0.395. The fraction of sp³-hybridized carbons (Fsp3) is 0.318. The number of hydrogen-bond acceptors (Lipinski definition) is 5. The topological polar surface area (TPSA) is 68.4 Å². The standard InChI is InChI=1S/C22H22F3N3O3/c1-3-29-18-10-14-9-16-20(15(14)11-19(18)30-4-2)27-28-21(16)26-12-13-7-5-6-8-17(13)31-22(23,24)25/h5-8,10-11H,3-4,9,12H2,1-2H3,(H2,26,27,28). The van der Waals surface area contributed by atoms with E-state index in [2.05, 4.69) is 20.3 Å². The van der Waals surface area contributed by atoms with Gasteiger partial charge in [-0.2, -0.15) is 5.10 Å². The van der Waals surface area contributed by atoms with Crippen molar-refractivity contribution in [2.75, 3.05) is 18.5 Å². The van der Waals surface area contributed by atoms with Crippen LogP contribution in [0.5, 0.6) is 17.2 Å². The number of nitrogens with one attached hydrogen (secondary N) is 2. The molecule has 0 bridgehead atoms. The smallest absolute Gasteiger partial charge is 0.490 e. The summed E-state index contributed by atoms with van der Waals surface area (Å²) in [7, 11) is 0. The van der Waals surface area contributed by atoms with Crippen molar-refractivity contribution in [1.82, 2.24) is 10.2 Å². The largest absolute Gasteiger partial charge is 0.573 e. The molecule has 0 fully saturated rings. The van der Waals surface area contributed by atoms with E-state index in [4.69, 9.17) is 9.47 Å². The van der Waals surface area contributed by atoms with Crippen LogP contribution in [-0.2, 0) is 13.0 Å². The lowest BCUT2D eigenvalue weighted by atomic mass is 10.1. The van der Waals surface area contributed by atoms with Gasteiger partial charge in [-0.1, -0.05) is 18.2 Å². The van der Waals surface area contributed by atoms with Crippen molar-refractivity contribution in [2.45, 2.75) is 33.2 Å². The van der Waals surface area contributed by atoms with Gasteiger partial charge in [0.1, 0.15) is 11.6 Å². The summed E-state index contributed by atoms with van der Waals surface area (Å²) in [4.78, 5) is 0. The second kappa shape index (κ2) is 8.41. The van der Waals surface area contributed by atoms with Crippen LogP contribution in [-0.4, -0.2) is 29.8 Å². The Balaban J connectivity index is 1.56. The molecular formula is C22H22F3N3O3. The van der Waals surface area contributed by atoms with Crippen LogP contribution in [0.1, 0.15) is 30.5 Å². The molecule has 2 N–H and O–H groups in total. The number of benzene rings is 2. The highest BCUT2D eigenvalue weighted by atomic mass is 19.4. The zero-order valence-electron chi connectivity index (χ0n) is 17.1. The molecular weight excluding hydrogens is 411 g/mol. The molecule has 6 nitrogen and oxygen atoms in total. The van der Waals surface area contributed by atoms with Crippen LogP contribution in [0.3, 0.4) is 0 Å². The number of H-pyrrole nitrogens is 1. The van der Waals surface area contributed by atoms with Crippen molar-refractivity contribution in [1.29, 1.82) is 0 Å². The number of aromatic amines is 1. The van der Waals surface area contributed by atoms with Crippen molar-refractivity contribution in [2.24, 2.45) is 0 Å². The minimum absolute atomic E-state index is 0.144. The second-order valence-electron chi connectivity index (χ2n) is 6.93.